The van der Waals surface area contributed by atoms with E-state index < -0.39 is 0 Å². The number of nitrogens with zero attached hydrogens (tertiary/aromatic N) is 1. The molecule has 0 saturated carbocycles. The van der Waals surface area contributed by atoms with E-state index in [4.69, 9.17) is 14.7 Å². The second-order valence-corrected chi connectivity index (χ2v) is 3.93. The van der Waals surface area contributed by atoms with Crippen molar-refractivity contribution in [3.05, 3.63) is 23.8 Å². The van der Waals surface area contributed by atoms with E-state index in [0.717, 1.165) is 6.54 Å². The Bertz CT molecular complexity index is 397. The van der Waals surface area contributed by atoms with Crippen molar-refractivity contribution in [1.82, 2.24) is 5.32 Å². The van der Waals surface area contributed by atoms with Crippen molar-refractivity contribution in [3.63, 3.8) is 0 Å². The Balaban J connectivity index is 2.59. The van der Waals surface area contributed by atoms with Crippen LogP contribution in [0.3, 0.4) is 0 Å². The second kappa shape index (κ2) is 6.77. The average molecular weight is 234 g/mol. The Kier molecular flexibility index (Phi) is 5.31. The summed E-state index contributed by atoms with van der Waals surface area (Å²) < 4.78 is 10.6. The standard InChI is InChI=1S/C13H18N2O2/c1-10(2)15-6-7-17-13-8-12(16-3)5-4-11(13)9-14/h4-5,8,10,15H,6-7H2,1-3H3. The molecule has 4 nitrogen and oxygen atoms in total. The lowest BCUT2D eigenvalue weighted by Gasteiger charge is -2.11. The highest BCUT2D eigenvalue weighted by Crippen LogP contribution is 2.23. The van der Waals surface area contributed by atoms with E-state index in [1.165, 1.54) is 0 Å². The summed E-state index contributed by atoms with van der Waals surface area (Å²) in [6, 6.07) is 7.70. The van der Waals surface area contributed by atoms with Crippen molar-refractivity contribution in [1.29, 1.82) is 5.26 Å². The molecule has 0 radical (unpaired) electrons. The average Bonchev–Trinajstić information content (AvgIpc) is 2.34. The highest BCUT2D eigenvalue weighted by atomic mass is 16.5. The molecule has 1 rings (SSSR count). The van der Waals surface area contributed by atoms with Crippen LogP contribution in [0.15, 0.2) is 18.2 Å². The zero-order chi connectivity index (χ0) is 12.7. The maximum Gasteiger partial charge on any atom is 0.140 e. The van der Waals surface area contributed by atoms with Crippen LogP contribution in [0.1, 0.15) is 19.4 Å². The van der Waals surface area contributed by atoms with E-state index in [9.17, 15) is 0 Å². The highest BCUT2D eigenvalue weighted by Gasteiger charge is 2.05. The molecule has 0 amide bonds. The van der Waals surface area contributed by atoms with Gasteiger partial charge in [0.1, 0.15) is 24.2 Å². The van der Waals surface area contributed by atoms with Gasteiger partial charge >= 0.3 is 0 Å². The molecule has 4 heteroatoms. The Morgan fingerprint density at radius 2 is 2.18 bits per heavy atom. The molecule has 1 aromatic carbocycles. The summed E-state index contributed by atoms with van der Waals surface area (Å²) in [7, 11) is 1.59. The van der Waals surface area contributed by atoms with Crippen molar-refractivity contribution < 1.29 is 9.47 Å². The molecule has 1 N–H and O–H groups in total. The number of nitrogens with one attached hydrogen (secondary N) is 1. The van der Waals surface area contributed by atoms with Crippen molar-refractivity contribution in [2.24, 2.45) is 0 Å². The molecule has 0 fully saturated rings. The molecule has 0 spiro atoms. The Hall–Kier alpha value is -1.73. The molecule has 0 aliphatic rings. The molecule has 1 aromatic rings. The van der Waals surface area contributed by atoms with Crippen molar-refractivity contribution >= 4 is 0 Å². The normalized spacial score (nSPS) is 10.1. The summed E-state index contributed by atoms with van der Waals surface area (Å²) in [5, 5.41) is 12.2. The summed E-state index contributed by atoms with van der Waals surface area (Å²) >= 11 is 0. The zero-order valence-corrected chi connectivity index (χ0v) is 10.5. The predicted octanol–water partition coefficient (Wildman–Crippen LogP) is 1.94. The van der Waals surface area contributed by atoms with E-state index in [-0.39, 0.29) is 0 Å². The highest BCUT2D eigenvalue weighted by molar-refractivity contribution is 5.47. The van der Waals surface area contributed by atoms with E-state index in [0.29, 0.717) is 29.7 Å². The van der Waals surface area contributed by atoms with Crippen LogP contribution in [0, 0.1) is 11.3 Å². The lowest BCUT2D eigenvalue weighted by Crippen LogP contribution is -2.27. The Morgan fingerprint density at radius 1 is 1.41 bits per heavy atom. The quantitative estimate of drug-likeness (QED) is 0.764. The molecule has 0 unspecified atom stereocenters. The molecule has 0 saturated heterocycles. The third-order valence-electron chi connectivity index (χ3n) is 2.22. The maximum atomic E-state index is 8.94. The molecular formula is C13H18N2O2. The Morgan fingerprint density at radius 3 is 2.76 bits per heavy atom. The van der Waals surface area contributed by atoms with Crippen molar-refractivity contribution in [3.8, 4) is 17.6 Å². The largest absolute Gasteiger partial charge is 0.497 e. The lowest BCUT2D eigenvalue weighted by molar-refractivity contribution is 0.305. The van der Waals surface area contributed by atoms with E-state index in [1.54, 1.807) is 25.3 Å². The number of hydrogen-bond acceptors (Lipinski definition) is 4. The molecule has 0 heterocycles. The third kappa shape index (κ3) is 4.33. The van der Waals surface area contributed by atoms with Gasteiger partial charge in [-0.1, -0.05) is 13.8 Å². The van der Waals surface area contributed by atoms with Crippen molar-refractivity contribution in [2.75, 3.05) is 20.3 Å². The fraction of sp³-hybridized carbons (Fsp3) is 0.462. The van der Waals surface area contributed by atoms with Crippen LogP contribution in [-0.2, 0) is 0 Å². The van der Waals surface area contributed by atoms with Gasteiger partial charge in [-0.15, -0.1) is 0 Å². The number of nitriles is 1. The van der Waals surface area contributed by atoms with Gasteiger partial charge in [0.05, 0.1) is 12.7 Å². The summed E-state index contributed by atoms with van der Waals surface area (Å²) in [5.74, 6) is 1.26. The first kappa shape index (κ1) is 13.3. The van der Waals surface area contributed by atoms with Crippen LogP contribution in [0.4, 0.5) is 0 Å². The van der Waals surface area contributed by atoms with E-state index in [1.807, 2.05) is 0 Å². The minimum atomic E-state index is 0.430. The lowest BCUT2D eigenvalue weighted by atomic mass is 10.2. The monoisotopic (exact) mass is 234 g/mol. The first-order chi connectivity index (χ1) is 8.17. The minimum absolute atomic E-state index is 0.430. The number of benzene rings is 1. The van der Waals surface area contributed by atoms with Crippen LogP contribution < -0.4 is 14.8 Å². The number of ether oxygens (including phenoxy) is 2. The van der Waals surface area contributed by atoms with E-state index in [2.05, 4.69) is 25.2 Å². The molecule has 0 atom stereocenters. The second-order valence-electron chi connectivity index (χ2n) is 3.93. The van der Waals surface area contributed by atoms with Gasteiger partial charge < -0.3 is 14.8 Å². The third-order valence-corrected chi connectivity index (χ3v) is 2.22. The van der Waals surface area contributed by atoms with Crippen LogP contribution >= 0.6 is 0 Å². The van der Waals surface area contributed by atoms with Gasteiger partial charge in [-0.05, 0) is 12.1 Å². The molecule has 17 heavy (non-hydrogen) atoms. The first-order valence-corrected chi connectivity index (χ1v) is 5.61. The molecular weight excluding hydrogens is 216 g/mol. The molecule has 0 aliphatic heterocycles. The van der Waals surface area contributed by atoms with Crippen LogP contribution in [-0.4, -0.2) is 26.3 Å². The molecule has 0 aromatic heterocycles. The van der Waals surface area contributed by atoms with Gasteiger partial charge in [-0.25, -0.2) is 0 Å². The number of methoxy groups -OCH3 is 1. The number of rotatable bonds is 6. The van der Waals surface area contributed by atoms with Crippen molar-refractivity contribution in [2.45, 2.75) is 19.9 Å². The summed E-state index contributed by atoms with van der Waals surface area (Å²) in [4.78, 5) is 0. The van der Waals surface area contributed by atoms with E-state index >= 15 is 0 Å². The van der Waals surface area contributed by atoms with Gasteiger partial charge in [-0.2, -0.15) is 5.26 Å². The van der Waals surface area contributed by atoms with Gasteiger partial charge in [0, 0.05) is 18.7 Å². The summed E-state index contributed by atoms with van der Waals surface area (Å²) in [6.07, 6.45) is 0. The number of hydrogen-bond donors (Lipinski definition) is 1. The SMILES string of the molecule is COc1ccc(C#N)c(OCCNC(C)C)c1. The van der Waals surface area contributed by atoms with Gasteiger partial charge in [0.25, 0.3) is 0 Å². The zero-order valence-electron chi connectivity index (χ0n) is 10.5. The fourth-order valence-corrected chi connectivity index (χ4v) is 1.35. The van der Waals surface area contributed by atoms with Crippen LogP contribution in [0.25, 0.3) is 0 Å². The maximum absolute atomic E-state index is 8.94. The summed E-state index contributed by atoms with van der Waals surface area (Å²) in [5.41, 5.74) is 0.523. The smallest absolute Gasteiger partial charge is 0.140 e. The minimum Gasteiger partial charge on any atom is -0.497 e. The van der Waals surface area contributed by atoms with Crippen LogP contribution in [0.5, 0.6) is 11.5 Å². The van der Waals surface area contributed by atoms with Crippen LogP contribution in [0.2, 0.25) is 0 Å². The molecule has 0 aliphatic carbocycles. The predicted molar refractivity (Wildman–Crippen MR) is 66.3 cm³/mol. The fourth-order valence-electron chi connectivity index (χ4n) is 1.35. The summed E-state index contributed by atoms with van der Waals surface area (Å²) in [6.45, 7) is 5.43. The topological polar surface area (TPSA) is 54.3 Å². The van der Waals surface area contributed by atoms with Gasteiger partial charge in [0.2, 0.25) is 0 Å². The van der Waals surface area contributed by atoms with Gasteiger partial charge in [0.15, 0.2) is 0 Å². The molecule has 92 valence electrons. The Labute approximate surface area is 102 Å². The van der Waals surface area contributed by atoms with Gasteiger partial charge in [-0.3, -0.25) is 0 Å². The first-order valence-electron chi connectivity index (χ1n) is 5.61. The molecule has 0 bridgehead atoms.